The fourth-order valence-electron chi connectivity index (χ4n) is 5.97. The number of hydrogen-bond donors (Lipinski definition) is 3. The van der Waals surface area contributed by atoms with E-state index in [1.807, 2.05) is 20.8 Å². The highest BCUT2D eigenvalue weighted by atomic mass is 35.5. The van der Waals surface area contributed by atoms with E-state index in [0.717, 1.165) is 11.3 Å². The number of hydrogen-bond acceptors (Lipinski definition) is 6. The van der Waals surface area contributed by atoms with Gasteiger partial charge in [-0.25, -0.2) is 9.18 Å². The zero-order valence-corrected chi connectivity index (χ0v) is 24.6. The maximum Gasteiger partial charge on any atom is 0.348 e. The van der Waals surface area contributed by atoms with E-state index in [1.54, 1.807) is 42.5 Å². The third-order valence-corrected chi connectivity index (χ3v) is 8.97. The number of methoxy groups -OCH3 is 1. The number of carbonyl (C=O) groups excluding carboxylic acids is 3. The van der Waals surface area contributed by atoms with Crippen molar-refractivity contribution in [1.29, 1.82) is 0 Å². The second kappa shape index (κ2) is 10.4. The highest BCUT2D eigenvalue weighted by molar-refractivity contribution is 7.18. The van der Waals surface area contributed by atoms with Gasteiger partial charge in [0.05, 0.1) is 23.2 Å². The molecule has 7 nitrogen and oxygen atoms in total. The zero-order valence-electron chi connectivity index (χ0n) is 22.2. The second-order valence-electron chi connectivity index (χ2n) is 11.2. The van der Waals surface area contributed by atoms with Crippen LogP contribution in [0.2, 0.25) is 10.0 Å². The van der Waals surface area contributed by atoms with Crippen LogP contribution in [0.4, 0.5) is 15.1 Å². The van der Waals surface area contributed by atoms with Gasteiger partial charge in [0, 0.05) is 22.7 Å². The summed E-state index contributed by atoms with van der Waals surface area (Å²) in [5.41, 5.74) is -0.310. The predicted molar refractivity (Wildman–Crippen MR) is 155 cm³/mol. The Morgan fingerprint density at radius 3 is 2.60 bits per heavy atom. The summed E-state index contributed by atoms with van der Waals surface area (Å²) in [6.07, 6.45) is 0.496. The summed E-state index contributed by atoms with van der Waals surface area (Å²) in [5, 5.41) is 9.97. The van der Waals surface area contributed by atoms with Crippen molar-refractivity contribution >= 4 is 63.0 Å². The molecule has 1 spiro atoms. The standard InChI is InChI=1S/C29H28Cl2FN3O4S/c1-28(2,3)13-20-29(16-9-8-14(30)12-18(16)33-27(29)38)22(15-6-5-7-17(31)23(15)32)24(34-20)25(36)35-21-11-10-19(40-21)26(37)39-4/h5-12,20,22,24,34H,13H2,1-4H3,(H,33,38)(H,35,36). The lowest BCUT2D eigenvalue weighted by atomic mass is 9.62. The maximum atomic E-state index is 15.8. The van der Waals surface area contributed by atoms with Gasteiger partial charge in [-0.2, -0.15) is 0 Å². The summed E-state index contributed by atoms with van der Waals surface area (Å²) < 4.78 is 20.6. The van der Waals surface area contributed by atoms with Crippen molar-refractivity contribution < 1.29 is 23.5 Å². The minimum Gasteiger partial charge on any atom is -0.465 e. The van der Waals surface area contributed by atoms with Crippen molar-refractivity contribution in [1.82, 2.24) is 5.32 Å². The van der Waals surface area contributed by atoms with Gasteiger partial charge in [0.2, 0.25) is 11.8 Å². The number of benzene rings is 2. The molecule has 11 heteroatoms. The number of carbonyl (C=O) groups is 3. The largest absolute Gasteiger partial charge is 0.465 e. The number of fused-ring (bicyclic) bond motifs is 2. The molecule has 1 fully saturated rings. The minimum absolute atomic E-state index is 0.109. The van der Waals surface area contributed by atoms with Crippen LogP contribution < -0.4 is 16.0 Å². The number of ether oxygens (including phenoxy) is 1. The molecule has 3 N–H and O–H groups in total. The van der Waals surface area contributed by atoms with Gasteiger partial charge >= 0.3 is 5.97 Å². The van der Waals surface area contributed by atoms with Crippen molar-refractivity contribution in [3.05, 3.63) is 80.4 Å². The van der Waals surface area contributed by atoms with Crippen LogP contribution in [0.25, 0.3) is 0 Å². The number of esters is 1. The number of thiophene rings is 1. The van der Waals surface area contributed by atoms with Crippen LogP contribution in [0, 0.1) is 11.2 Å². The first-order valence-electron chi connectivity index (χ1n) is 12.7. The van der Waals surface area contributed by atoms with Gasteiger partial charge in [0.1, 0.15) is 16.1 Å². The Morgan fingerprint density at radius 1 is 1.15 bits per heavy atom. The molecule has 5 rings (SSSR count). The Labute approximate surface area is 245 Å². The lowest BCUT2D eigenvalue weighted by Crippen LogP contribution is -2.49. The summed E-state index contributed by atoms with van der Waals surface area (Å²) in [5.74, 6) is -3.01. The second-order valence-corrected chi connectivity index (χ2v) is 13.2. The zero-order chi connectivity index (χ0) is 29.0. The first-order chi connectivity index (χ1) is 18.9. The van der Waals surface area contributed by atoms with Crippen LogP contribution in [0.5, 0.6) is 0 Å². The van der Waals surface area contributed by atoms with Gasteiger partial charge in [-0.3, -0.25) is 9.59 Å². The molecule has 0 radical (unpaired) electrons. The van der Waals surface area contributed by atoms with E-state index in [2.05, 4.69) is 16.0 Å². The molecule has 1 saturated heterocycles. The fraction of sp³-hybridized carbons (Fsp3) is 0.345. The molecule has 3 aromatic rings. The van der Waals surface area contributed by atoms with Crippen LogP contribution in [-0.2, 0) is 19.7 Å². The Bertz CT molecular complexity index is 1520. The van der Waals surface area contributed by atoms with Gasteiger partial charge < -0.3 is 20.7 Å². The average molecular weight is 605 g/mol. The molecule has 0 saturated carbocycles. The highest BCUT2D eigenvalue weighted by Crippen LogP contribution is 2.57. The van der Waals surface area contributed by atoms with E-state index >= 15 is 4.39 Å². The van der Waals surface area contributed by atoms with E-state index < -0.39 is 41.1 Å². The molecule has 4 unspecified atom stereocenters. The molecule has 2 amide bonds. The normalized spacial score (nSPS) is 23.7. The van der Waals surface area contributed by atoms with Gasteiger partial charge in [-0.15, -0.1) is 11.3 Å². The minimum atomic E-state index is -1.35. The van der Waals surface area contributed by atoms with Crippen LogP contribution in [-0.4, -0.2) is 37.0 Å². The van der Waals surface area contributed by atoms with Crippen LogP contribution >= 0.6 is 34.5 Å². The molecule has 2 aliphatic heterocycles. The summed E-state index contributed by atoms with van der Waals surface area (Å²) in [4.78, 5) is 40.4. The SMILES string of the molecule is COC(=O)c1ccc(NC(=O)C2NC(CC(C)(C)C)C3(C(=O)Nc4cc(Cl)ccc43)C2c2cccc(Cl)c2F)s1. The Kier molecular flexibility index (Phi) is 7.46. The van der Waals surface area contributed by atoms with Gasteiger partial charge in [-0.05, 0) is 53.3 Å². The van der Waals surface area contributed by atoms with Gasteiger partial charge in [0.15, 0.2) is 0 Å². The van der Waals surface area contributed by atoms with E-state index in [9.17, 15) is 14.4 Å². The first-order valence-corrected chi connectivity index (χ1v) is 14.2. The summed E-state index contributed by atoms with van der Waals surface area (Å²) in [6, 6.07) is 11.3. The molecule has 40 heavy (non-hydrogen) atoms. The Morgan fingerprint density at radius 2 is 1.90 bits per heavy atom. The molecule has 3 heterocycles. The quantitative estimate of drug-likeness (QED) is 0.294. The van der Waals surface area contributed by atoms with Crippen LogP contribution in [0.1, 0.15) is 53.9 Å². The molecule has 4 atom stereocenters. The fourth-order valence-corrected chi connectivity index (χ4v) is 7.15. The number of amides is 2. The van der Waals surface area contributed by atoms with Crippen LogP contribution in [0.15, 0.2) is 48.5 Å². The average Bonchev–Trinajstić information content (AvgIpc) is 3.55. The van der Waals surface area contributed by atoms with Crippen molar-refractivity contribution in [3.63, 3.8) is 0 Å². The third-order valence-electron chi connectivity index (χ3n) is 7.46. The van der Waals surface area contributed by atoms with Crippen molar-refractivity contribution in [2.45, 2.75) is 50.6 Å². The van der Waals surface area contributed by atoms with Crippen LogP contribution in [0.3, 0.4) is 0 Å². The van der Waals surface area contributed by atoms with Crippen molar-refractivity contribution in [3.8, 4) is 0 Å². The summed E-state index contributed by atoms with van der Waals surface area (Å²) in [6.45, 7) is 6.13. The number of rotatable bonds is 5. The van der Waals surface area contributed by atoms with Crippen molar-refractivity contribution in [2.75, 3.05) is 17.7 Å². The van der Waals surface area contributed by atoms with Gasteiger partial charge in [-0.1, -0.05) is 62.2 Å². The van der Waals surface area contributed by atoms with E-state index in [1.165, 1.54) is 13.2 Å². The summed E-state index contributed by atoms with van der Waals surface area (Å²) >= 11 is 13.6. The molecule has 210 valence electrons. The number of halogens is 3. The van der Waals surface area contributed by atoms with E-state index in [-0.39, 0.29) is 21.9 Å². The molecule has 0 bridgehead atoms. The Balaban J connectivity index is 1.68. The molecule has 2 aromatic carbocycles. The molecular formula is C29H28Cl2FN3O4S. The van der Waals surface area contributed by atoms with E-state index in [0.29, 0.717) is 32.6 Å². The van der Waals surface area contributed by atoms with Gasteiger partial charge in [0.25, 0.3) is 0 Å². The molecule has 1 aromatic heterocycles. The topological polar surface area (TPSA) is 96.5 Å². The third kappa shape index (κ3) is 4.79. The molecular weight excluding hydrogens is 576 g/mol. The highest BCUT2D eigenvalue weighted by Gasteiger charge is 2.66. The Hall–Kier alpha value is -2.98. The molecule has 0 aliphatic carbocycles. The monoisotopic (exact) mass is 603 g/mol. The summed E-state index contributed by atoms with van der Waals surface area (Å²) in [7, 11) is 1.28. The van der Waals surface area contributed by atoms with E-state index in [4.69, 9.17) is 27.9 Å². The maximum absolute atomic E-state index is 15.8. The smallest absolute Gasteiger partial charge is 0.348 e. The number of nitrogens with one attached hydrogen (secondary N) is 3. The molecule has 2 aliphatic rings. The predicted octanol–water partition coefficient (Wildman–Crippen LogP) is 6.37. The first kappa shape index (κ1) is 28.5. The lowest BCUT2D eigenvalue weighted by molar-refractivity contribution is -0.122. The lowest BCUT2D eigenvalue weighted by Gasteiger charge is -2.37. The number of anilines is 2. The van der Waals surface area contributed by atoms with Crippen molar-refractivity contribution in [2.24, 2.45) is 5.41 Å².